The molecular weight excluding hydrogens is 1020 g/mol. The van der Waals surface area contributed by atoms with E-state index < -0.39 is 0 Å². The molecule has 0 unspecified atom stereocenters. The van der Waals surface area contributed by atoms with E-state index in [4.69, 9.17) is 15.0 Å². The predicted molar refractivity (Wildman–Crippen MR) is 347 cm³/mol. The maximum absolute atomic E-state index is 10.5. The first-order chi connectivity index (χ1) is 39.9. The predicted octanol–water partition coefficient (Wildman–Crippen LogP) is 19.3. The van der Waals surface area contributed by atoms with Crippen molar-refractivity contribution in [2.45, 2.75) is 105 Å². The van der Waals surface area contributed by atoms with Crippen LogP contribution in [0.15, 0.2) is 188 Å². The highest BCUT2D eigenvalue weighted by molar-refractivity contribution is 6.12. The highest BCUT2D eigenvalue weighted by Crippen LogP contribution is 2.44. The number of allylic oxidation sites excluding steroid dienone is 4. The van der Waals surface area contributed by atoms with Crippen molar-refractivity contribution in [2.24, 2.45) is 0 Å². The molecule has 0 N–H and O–H groups in total. The molecular formula is C76H68N8. The molecule has 0 aliphatic carbocycles. The van der Waals surface area contributed by atoms with Crippen molar-refractivity contribution in [1.29, 1.82) is 15.8 Å². The first-order valence-corrected chi connectivity index (χ1v) is 28.6. The molecule has 412 valence electrons. The molecule has 0 bridgehead atoms. The van der Waals surface area contributed by atoms with Crippen LogP contribution in [0.5, 0.6) is 0 Å². The Morgan fingerprint density at radius 1 is 0.429 bits per heavy atom. The molecule has 0 aliphatic rings. The summed E-state index contributed by atoms with van der Waals surface area (Å²) in [6.45, 7) is 30.9. The van der Waals surface area contributed by atoms with E-state index in [2.05, 4.69) is 220 Å². The molecule has 8 aromatic carbocycles. The molecule has 0 saturated carbocycles. The molecule has 0 aliphatic heterocycles. The molecule has 0 amide bonds. The SMILES string of the molecule is C=C/C=C\C(C#N)=C/c1ccc(-n2c3ccccc3c3cc(C#N)ccc32)c(-c2cc(-c3nc(-c4cc(C(C)(C)C)cc(C(C)(C)C)c4)nc(-c4cc(C(C)(C)C)cc(C(C)(C)C)c4)n3)ccc2-n2c3ccccc3c3cc(C#N)ccc32)c1. The maximum Gasteiger partial charge on any atom is 0.164 e. The van der Waals surface area contributed by atoms with E-state index in [9.17, 15) is 15.8 Å². The van der Waals surface area contributed by atoms with Gasteiger partial charge in [-0.25, -0.2) is 15.0 Å². The van der Waals surface area contributed by atoms with Gasteiger partial charge in [-0.2, -0.15) is 15.8 Å². The van der Waals surface area contributed by atoms with Gasteiger partial charge in [0.05, 0.1) is 68.3 Å². The fourth-order valence-electron chi connectivity index (χ4n) is 11.2. The Morgan fingerprint density at radius 3 is 1.25 bits per heavy atom. The number of benzene rings is 8. The summed E-state index contributed by atoms with van der Waals surface area (Å²) < 4.78 is 4.57. The van der Waals surface area contributed by atoms with Crippen LogP contribution >= 0.6 is 0 Å². The topological polar surface area (TPSA) is 120 Å². The second-order valence-corrected chi connectivity index (χ2v) is 26.1. The molecule has 84 heavy (non-hydrogen) atoms. The molecule has 0 atom stereocenters. The van der Waals surface area contributed by atoms with Gasteiger partial charge in [0.2, 0.25) is 0 Å². The lowest BCUT2D eigenvalue weighted by atomic mass is 9.79. The quantitative estimate of drug-likeness (QED) is 0.105. The molecule has 8 nitrogen and oxygen atoms in total. The Balaban J connectivity index is 1.29. The van der Waals surface area contributed by atoms with Gasteiger partial charge in [0, 0.05) is 49.4 Å². The number of hydrogen-bond donors (Lipinski definition) is 0. The molecule has 8 heteroatoms. The molecule has 3 heterocycles. The zero-order valence-corrected chi connectivity index (χ0v) is 50.1. The number of nitrogens with zero attached hydrogens (tertiary/aromatic N) is 8. The van der Waals surface area contributed by atoms with Crippen molar-refractivity contribution in [3.8, 4) is 74.9 Å². The van der Waals surface area contributed by atoms with Crippen molar-refractivity contribution in [2.75, 3.05) is 0 Å². The van der Waals surface area contributed by atoms with E-state index in [1.54, 1.807) is 18.2 Å². The number of para-hydroxylation sites is 2. The standard InChI is InChI=1S/C76H68N8/c1-14-15-20-48(44-77)33-47-25-29-68(83-64-23-18-16-21-58(64)60-35-49(45-78)26-30-66(60)83)62(34-47)63-41-51(28-32-69(63)84-65-24-19-17-22-59(65)61-36-50(46-79)27-31-67(61)84)70-80-71(52-37-54(73(2,3)4)42-55(38-52)74(5,6)7)82-72(81-70)53-39-56(75(8,9)10)43-57(40-53)76(11,12)13/h14-43H,1H2,2-13H3/b20-15-,48-33+. The maximum atomic E-state index is 10.5. The van der Waals surface area contributed by atoms with Crippen LogP contribution in [0.3, 0.4) is 0 Å². The molecule has 11 aromatic rings. The third-order valence-corrected chi connectivity index (χ3v) is 16.0. The van der Waals surface area contributed by atoms with Gasteiger partial charge in [-0.15, -0.1) is 0 Å². The van der Waals surface area contributed by atoms with Crippen molar-refractivity contribution in [3.05, 3.63) is 227 Å². The van der Waals surface area contributed by atoms with E-state index in [1.165, 1.54) is 22.3 Å². The fraction of sp³-hybridized carbons (Fsp3) is 0.211. The largest absolute Gasteiger partial charge is 0.309 e. The zero-order chi connectivity index (χ0) is 59.6. The summed E-state index contributed by atoms with van der Waals surface area (Å²) in [5.74, 6) is 1.64. The molecule has 0 spiro atoms. The van der Waals surface area contributed by atoms with Gasteiger partial charge in [-0.1, -0.05) is 156 Å². The summed E-state index contributed by atoms with van der Waals surface area (Å²) in [6.07, 6.45) is 7.09. The van der Waals surface area contributed by atoms with E-state index in [-0.39, 0.29) is 21.7 Å². The Morgan fingerprint density at radius 2 is 0.833 bits per heavy atom. The Hall–Kier alpha value is -9.94. The first-order valence-electron chi connectivity index (χ1n) is 28.6. The molecule has 0 fully saturated rings. The smallest absolute Gasteiger partial charge is 0.164 e. The molecule has 0 radical (unpaired) electrons. The molecule has 11 rings (SSSR count). The average Bonchev–Trinajstić information content (AvgIpc) is 2.11. The third kappa shape index (κ3) is 10.5. The van der Waals surface area contributed by atoms with Crippen LogP contribution in [0.2, 0.25) is 0 Å². The summed E-state index contributed by atoms with van der Waals surface area (Å²) in [4.78, 5) is 16.6. The van der Waals surface area contributed by atoms with E-state index in [0.717, 1.165) is 88.4 Å². The highest BCUT2D eigenvalue weighted by atomic mass is 15.0. The number of rotatable bonds is 9. The van der Waals surface area contributed by atoms with Gasteiger partial charge in [0.1, 0.15) is 0 Å². The van der Waals surface area contributed by atoms with Crippen LogP contribution in [0.4, 0.5) is 0 Å². The number of fused-ring (bicyclic) bond motifs is 6. The van der Waals surface area contributed by atoms with E-state index in [1.807, 2.05) is 60.7 Å². The lowest BCUT2D eigenvalue weighted by Crippen LogP contribution is -2.17. The summed E-state index contributed by atoms with van der Waals surface area (Å²) in [5, 5.41) is 34.9. The van der Waals surface area contributed by atoms with Crippen molar-refractivity contribution in [1.82, 2.24) is 24.1 Å². The van der Waals surface area contributed by atoms with Gasteiger partial charge >= 0.3 is 0 Å². The monoisotopic (exact) mass is 1090 g/mol. The van der Waals surface area contributed by atoms with Crippen LogP contribution in [0.1, 0.15) is 122 Å². The summed E-state index contributed by atoms with van der Waals surface area (Å²) in [5.41, 5.74) is 16.3. The van der Waals surface area contributed by atoms with Gasteiger partial charge in [-0.3, -0.25) is 0 Å². The minimum absolute atomic E-state index is 0.170. The van der Waals surface area contributed by atoms with Gasteiger partial charge in [0.15, 0.2) is 17.5 Å². The van der Waals surface area contributed by atoms with Crippen molar-refractivity contribution in [3.63, 3.8) is 0 Å². The zero-order valence-electron chi connectivity index (χ0n) is 50.1. The normalized spacial score (nSPS) is 12.6. The minimum atomic E-state index is -0.170. The van der Waals surface area contributed by atoms with Crippen LogP contribution in [-0.4, -0.2) is 24.1 Å². The second kappa shape index (κ2) is 21.1. The Bertz CT molecular complexity index is 4540. The van der Waals surface area contributed by atoms with Crippen LogP contribution in [0, 0.1) is 34.0 Å². The van der Waals surface area contributed by atoms with Gasteiger partial charge in [-0.05, 0) is 165 Å². The van der Waals surface area contributed by atoms with Crippen LogP contribution in [-0.2, 0) is 21.7 Å². The van der Waals surface area contributed by atoms with Crippen molar-refractivity contribution >= 4 is 49.7 Å². The summed E-state index contributed by atoms with van der Waals surface area (Å²) >= 11 is 0. The summed E-state index contributed by atoms with van der Waals surface area (Å²) in [7, 11) is 0. The number of aromatic nitrogens is 5. The molecule has 3 aromatic heterocycles. The second-order valence-electron chi connectivity index (χ2n) is 26.1. The van der Waals surface area contributed by atoms with Crippen LogP contribution in [0.25, 0.3) is 106 Å². The number of nitriles is 3. The summed E-state index contributed by atoms with van der Waals surface area (Å²) in [6, 6.07) is 62.0. The van der Waals surface area contributed by atoms with E-state index >= 15 is 0 Å². The highest BCUT2D eigenvalue weighted by Gasteiger charge is 2.27. The average molecular weight is 1090 g/mol. The lowest BCUT2D eigenvalue weighted by molar-refractivity contribution is 0.568. The van der Waals surface area contributed by atoms with Crippen LogP contribution < -0.4 is 0 Å². The van der Waals surface area contributed by atoms with Gasteiger partial charge in [0.25, 0.3) is 0 Å². The lowest BCUT2D eigenvalue weighted by Gasteiger charge is -2.26. The Labute approximate surface area is 493 Å². The molecule has 0 saturated heterocycles. The third-order valence-electron chi connectivity index (χ3n) is 16.0. The van der Waals surface area contributed by atoms with E-state index in [0.29, 0.717) is 34.2 Å². The number of hydrogen-bond acceptors (Lipinski definition) is 6. The Kier molecular flexibility index (Phi) is 14.1. The first kappa shape index (κ1) is 55.9. The van der Waals surface area contributed by atoms with Gasteiger partial charge < -0.3 is 9.13 Å². The fourth-order valence-corrected chi connectivity index (χ4v) is 11.2. The van der Waals surface area contributed by atoms with Crippen molar-refractivity contribution < 1.29 is 0 Å². The minimum Gasteiger partial charge on any atom is -0.309 e.